The lowest BCUT2D eigenvalue weighted by Gasteiger charge is -2.39. The maximum absolute atomic E-state index is 13.7. The maximum Gasteiger partial charge on any atom is 0.239 e. The van der Waals surface area contributed by atoms with Crippen LogP contribution in [-0.4, -0.2) is 126 Å². The van der Waals surface area contributed by atoms with Crippen LogP contribution in [0.5, 0.6) is 23.0 Å². The highest BCUT2D eigenvalue weighted by atomic mass is 16.7. The molecular formula is C27H30O16. The van der Waals surface area contributed by atoms with Gasteiger partial charge in [0, 0.05) is 17.7 Å². The number of aromatic hydroxyl groups is 2. The number of ether oxygens (including phenoxy) is 4. The first kappa shape index (κ1) is 30.9. The molecule has 0 amide bonds. The van der Waals surface area contributed by atoms with E-state index < -0.39 is 96.9 Å². The normalized spacial score (nSPS) is 32.9. The third-order valence-electron chi connectivity index (χ3n) is 7.22. The van der Waals surface area contributed by atoms with Crippen LogP contribution in [-0.2, 0) is 9.47 Å². The van der Waals surface area contributed by atoms with Crippen molar-refractivity contribution in [1.82, 2.24) is 0 Å². The first-order valence-electron chi connectivity index (χ1n) is 13.0. The fraction of sp³-hybridized carbons (Fsp3) is 0.444. The highest BCUT2D eigenvalue weighted by molar-refractivity contribution is 5.88. The van der Waals surface area contributed by atoms with E-state index in [1.807, 2.05) is 0 Å². The summed E-state index contributed by atoms with van der Waals surface area (Å²) in [6, 6.07) is 7.35. The molecule has 2 saturated heterocycles. The average molecular weight is 611 g/mol. The van der Waals surface area contributed by atoms with Gasteiger partial charge in [-0.1, -0.05) is 0 Å². The first-order valence-corrected chi connectivity index (χ1v) is 13.0. The van der Waals surface area contributed by atoms with Crippen molar-refractivity contribution in [3.63, 3.8) is 0 Å². The smallest absolute Gasteiger partial charge is 0.239 e. The zero-order valence-electron chi connectivity index (χ0n) is 22.1. The van der Waals surface area contributed by atoms with Crippen LogP contribution in [0, 0.1) is 0 Å². The molecule has 0 aliphatic carbocycles. The molecule has 5 unspecified atom stereocenters. The van der Waals surface area contributed by atoms with Crippen molar-refractivity contribution in [3.05, 3.63) is 46.6 Å². The SMILES string of the molecule is O=c1c(O[C@H]2OC(CO)[C@@H](O)C(O)C2O)c(-c2ccc(O)cc2)oc2cc(O[C@@H]3OC(CO)[C@H](O)[C@H](O)C3O)cc(O)c12. The number of hydrogen-bond donors (Lipinski definition) is 10. The summed E-state index contributed by atoms with van der Waals surface area (Å²) in [7, 11) is 0. The lowest BCUT2D eigenvalue weighted by atomic mass is 9.99. The van der Waals surface area contributed by atoms with E-state index >= 15 is 0 Å². The van der Waals surface area contributed by atoms with Gasteiger partial charge in [-0.2, -0.15) is 0 Å². The number of aliphatic hydroxyl groups excluding tert-OH is 8. The lowest BCUT2D eigenvalue weighted by Crippen LogP contribution is -2.60. The van der Waals surface area contributed by atoms with Gasteiger partial charge in [0.05, 0.1) is 13.2 Å². The minimum absolute atomic E-state index is 0.129. The molecule has 2 aliphatic heterocycles. The summed E-state index contributed by atoms with van der Waals surface area (Å²) in [6.45, 7) is -1.48. The van der Waals surface area contributed by atoms with Crippen molar-refractivity contribution in [1.29, 1.82) is 0 Å². The van der Waals surface area contributed by atoms with Crippen molar-refractivity contribution in [2.45, 2.75) is 61.4 Å². The van der Waals surface area contributed by atoms with E-state index in [2.05, 4.69) is 0 Å². The van der Waals surface area contributed by atoms with Crippen LogP contribution in [0.25, 0.3) is 22.3 Å². The van der Waals surface area contributed by atoms with E-state index in [0.717, 1.165) is 12.1 Å². The summed E-state index contributed by atoms with van der Waals surface area (Å²) in [6.07, 6.45) is -16.6. The molecule has 3 heterocycles. The van der Waals surface area contributed by atoms with Gasteiger partial charge in [-0.15, -0.1) is 0 Å². The minimum Gasteiger partial charge on any atom is -0.508 e. The van der Waals surface area contributed by atoms with E-state index in [4.69, 9.17) is 23.4 Å². The molecule has 43 heavy (non-hydrogen) atoms. The maximum atomic E-state index is 13.7. The topological polar surface area (TPSA) is 269 Å². The molecule has 16 heteroatoms. The van der Waals surface area contributed by atoms with Crippen molar-refractivity contribution in [3.8, 4) is 34.3 Å². The molecule has 0 bridgehead atoms. The van der Waals surface area contributed by atoms with E-state index in [-0.39, 0.29) is 28.4 Å². The molecule has 16 nitrogen and oxygen atoms in total. The van der Waals surface area contributed by atoms with Gasteiger partial charge in [-0.3, -0.25) is 4.79 Å². The molecule has 2 fully saturated rings. The van der Waals surface area contributed by atoms with Crippen LogP contribution in [0.3, 0.4) is 0 Å². The molecule has 1 aromatic heterocycles. The van der Waals surface area contributed by atoms with Crippen LogP contribution in [0.15, 0.2) is 45.6 Å². The largest absolute Gasteiger partial charge is 0.508 e. The highest BCUT2D eigenvalue weighted by Crippen LogP contribution is 2.38. The first-order chi connectivity index (χ1) is 20.4. The Labute approximate surface area is 241 Å². The molecule has 10 N–H and O–H groups in total. The van der Waals surface area contributed by atoms with Gasteiger partial charge in [-0.05, 0) is 24.3 Å². The Morgan fingerprint density at radius 1 is 0.698 bits per heavy atom. The second-order valence-electron chi connectivity index (χ2n) is 10.1. The summed E-state index contributed by atoms with van der Waals surface area (Å²) in [4.78, 5) is 13.7. The molecule has 2 aromatic carbocycles. The van der Waals surface area contributed by atoms with Crippen LogP contribution in [0.1, 0.15) is 0 Å². The number of fused-ring (bicyclic) bond motifs is 1. The Hall–Kier alpha value is -3.55. The van der Waals surface area contributed by atoms with Crippen LogP contribution in [0.4, 0.5) is 0 Å². The number of phenolic OH excluding ortho intramolecular Hbond substituents is 2. The predicted molar refractivity (Wildman–Crippen MR) is 140 cm³/mol. The quantitative estimate of drug-likeness (QED) is 0.130. The third kappa shape index (κ3) is 5.73. The van der Waals surface area contributed by atoms with Crippen molar-refractivity contribution in [2.75, 3.05) is 13.2 Å². The summed E-state index contributed by atoms with van der Waals surface area (Å²) in [5, 5.41) is 100. The monoisotopic (exact) mass is 610 g/mol. The van der Waals surface area contributed by atoms with E-state index in [0.29, 0.717) is 0 Å². The van der Waals surface area contributed by atoms with Gasteiger partial charge < -0.3 is 74.4 Å². The van der Waals surface area contributed by atoms with Crippen LogP contribution < -0.4 is 14.9 Å². The van der Waals surface area contributed by atoms with Gasteiger partial charge >= 0.3 is 0 Å². The molecule has 0 spiro atoms. The molecule has 3 aromatic rings. The van der Waals surface area contributed by atoms with Gasteiger partial charge in [0.2, 0.25) is 23.8 Å². The fourth-order valence-electron chi connectivity index (χ4n) is 4.82. The van der Waals surface area contributed by atoms with Gasteiger partial charge in [0.1, 0.15) is 77.0 Å². The standard InChI is InChI=1S/C27H30O16/c28-7-14-17(32)20(35)22(37)26(41-14)39-11-5-12(31)16-13(6-11)40-24(9-1-3-10(30)4-2-9)25(19(16)34)43-27-23(38)21(36)18(33)15(8-29)42-27/h1-6,14-15,17-18,20-23,26-33,35-38H,7-8H2/t14?,15?,17-,18+,20-,21?,22?,23?,26+,27+/m0/s1. The Morgan fingerprint density at radius 2 is 1.23 bits per heavy atom. The van der Waals surface area contributed by atoms with Crippen LogP contribution in [0.2, 0.25) is 0 Å². The molecule has 5 rings (SSSR count). The summed E-state index contributed by atoms with van der Waals surface area (Å²) < 4.78 is 27.8. The second-order valence-corrected chi connectivity index (χ2v) is 10.1. The zero-order chi connectivity index (χ0) is 31.2. The highest BCUT2D eigenvalue weighted by Gasteiger charge is 2.46. The Balaban J connectivity index is 1.58. The Kier molecular flexibility index (Phi) is 8.77. The number of rotatable bonds is 7. The fourth-order valence-corrected chi connectivity index (χ4v) is 4.82. The van der Waals surface area contributed by atoms with Crippen molar-refractivity contribution >= 4 is 11.0 Å². The molecule has 234 valence electrons. The number of benzene rings is 2. The zero-order valence-corrected chi connectivity index (χ0v) is 22.1. The molecule has 0 saturated carbocycles. The van der Waals surface area contributed by atoms with Gasteiger partial charge in [-0.25, -0.2) is 0 Å². The third-order valence-corrected chi connectivity index (χ3v) is 7.22. The number of hydrogen-bond acceptors (Lipinski definition) is 16. The summed E-state index contributed by atoms with van der Waals surface area (Å²) >= 11 is 0. The Bertz CT molecular complexity index is 1490. The summed E-state index contributed by atoms with van der Waals surface area (Å²) in [5.41, 5.74) is -1.11. The lowest BCUT2D eigenvalue weighted by molar-refractivity contribution is -0.277. The van der Waals surface area contributed by atoms with Crippen molar-refractivity contribution in [2.24, 2.45) is 0 Å². The van der Waals surface area contributed by atoms with E-state index in [9.17, 15) is 55.9 Å². The van der Waals surface area contributed by atoms with Gasteiger partial charge in [0.25, 0.3) is 0 Å². The number of phenols is 2. The Morgan fingerprint density at radius 3 is 1.77 bits per heavy atom. The van der Waals surface area contributed by atoms with Crippen molar-refractivity contribution < 1.29 is 74.4 Å². The second kappa shape index (κ2) is 12.2. The van der Waals surface area contributed by atoms with Gasteiger partial charge in [0.15, 0.2) is 5.76 Å². The molecule has 10 atom stereocenters. The van der Waals surface area contributed by atoms with E-state index in [1.54, 1.807) is 0 Å². The molecule has 0 radical (unpaired) electrons. The number of aliphatic hydroxyl groups is 8. The average Bonchev–Trinajstić information content (AvgIpc) is 2.98. The molecule has 2 aliphatic rings. The minimum atomic E-state index is -1.89. The van der Waals surface area contributed by atoms with Crippen LogP contribution >= 0.6 is 0 Å². The predicted octanol–water partition coefficient (Wildman–Crippen LogP) is -2.77. The summed E-state index contributed by atoms with van der Waals surface area (Å²) in [5.74, 6) is -1.96. The van der Waals surface area contributed by atoms with E-state index in [1.165, 1.54) is 24.3 Å². The molecular weight excluding hydrogens is 580 g/mol.